The summed E-state index contributed by atoms with van der Waals surface area (Å²) in [6, 6.07) is 18.5. The van der Waals surface area contributed by atoms with Crippen LogP contribution in [0.2, 0.25) is 0 Å². The summed E-state index contributed by atoms with van der Waals surface area (Å²) in [7, 11) is 1.68. The number of aromatic nitrogens is 2. The zero-order valence-electron chi connectivity index (χ0n) is 12.8. The van der Waals surface area contributed by atoms with Crippen LogP contribution in [0.1, 0.15) is 0 Å². The maximum atomic E-state index is 5.31. The average Bonchev–Trinajstić information content (AvgIpc) is 3.06. The van der Waals surface area contributed by atoms with E-state index in [0.29, 0.717) is 0 Å². The van der Waals surface area contributed by atoms with Gasteiger partial charge in [0.2, 0.25) is 0 Å². The summed E-state index contributed by atoms with van der Waals surface area (Å²) in [5, 5.41) is 1.21. The van der Waals surface area contributed by atoms with Crippen LogP contribution in [0.4, 0.5) is 0 Å². The molecule has 0 atom stereocenters. The van der Waals surface area contributed by atoms with Crippen LogP contribution >= 0.6 is 0 Å². The van der Waals surface area contributed by atoms with Crippen molar-refractivity contribution >= 4 is 10.9 Å². The number of ether oxygens (including phenoxy) is 1. The first-order chi connectivity index (χ1) is 11.3. The zero-order valence-corrected chi connectivity index (χ0v) is 12.8. The Labute approximate surface area is 134 Å². The maximum Gasteiger partial charge on any atom is 0.119 e. The summed E-state index contributed by atoms with van der Waals surface area (Å²) in [6.07, 6.45) is 5.82. The Morgan fingerprint density at radius 3 is 2.65 bits per heavy atom. The Morgan fingerprint density at radius 1 is 0.870 bits per heavy atom. The van der Waals surface area contributed by atoms with Crippen LogP contribution < -0.4 is 4.74 Å². The quantitative estimate of drug-likeness (QED) is 0.584. The molecule has 3 heteroatoms. The first-order valence-electron chi connectivity index (χ1n) is 7.51. The molecule has 0 spiro atoms. The predicted octanol–water partition coefficient (Wildman–Crippen LogP) is 4.91. The van der Waals surface area contributed by atoms with Gasteiger partial charge in [-0.2, -0.15) is 0 Å². The second-order valence-electron chi connectivity index (χ2n) is 5.44. The van der Waals surface area contributed by atoms with Crippen molar-refractivity contribution in [3.63, 3.8) is 0 Å². The zero-order chi connectivity index (χ0) is 15.6. The fourth-order valence-corrected chi connectivity index (χ4v) is 2.86. The third-order valence-corrected chi connectivity index (χ3v) is 4.04. The fourth-order valence-electron chi connectivity index (χ4n) is 2.86. The van der Waals surface area contributed by atoms with Gasteiger partial charge in [-0.25, -0.2) is 0 Å². The SMILES string of the molecule is COc1cccc(-c2cncc(-c3c[nH]c4ccccc34)c2)c1. The summed E-state index contributed by atoms with van der Waals surface area (Å²) < 4.78 is 5.31. The molecular weight excluding hydrogens is 284 g/mol. The first kappa shape index (κ1) is 13.6. The molecule has 0 saturated carbocycles. The molecule has 112 valence electrons. The van der Waals surface area contributed by atoms with Gasteiger partial charge in [-0.05, 0) is 29.8 Å². The van der Waals surface area contributed by atoms with Crippen LogP contribution in [-0.2, 0) is 0 Å². The van der Waals surface area contributed by atoms with E-state index in [1.165, 1.54) is 5.39 Å². The molecule has 23 heavy (non-hydrogen) atoms. The van der Waals surface area contributed by atoms with Gasteiger partial charge in [0, 0.05) is 46.2 Å². The van der Waals surface area contributed by atoms with Crippen molar-refractivity contribution < 1.29 is 4.74 Å². The molecule has 2 heterocycles. The lowest BCUT2D eigenvalue weighted by atomic mass is 10.0. The van der Waals surface area contributed by atoms with Crippen LogP contribution in [0.25, 0.3) is 33.2 Å². The molecule has 0 saturated heterocycles. The summed E-state index contributed by atoms with van der Waals surface area (Å²) in [6.45, 7) is 0. The Hall–Kier alpha value is -3.07. The van der Waals surface area contributed by atoms with Gasteiger partial charge in [-0.15, -0.1) is 0 Å². The molecule has 2 aromatic heterocycles. The molecule has 0 aliphatic rings. The van der Waals surface area contributed by atoms with Gasteiger partial charge in [0.15, 0.2) is 0 Å². The third-order valence-electron chi connectivity index (χ3n) is 4.04. The van der Waals surface area contributed by atoms with E-state index >= 15 is 0 Å². The van der Waals surface area contributed by atoms with Crippen LogP contribution in [0, 0.1) is 0 Å². The highest BCUT2D eigenvalue weighted by molar-refractivity contribution is 5.95. The number of methoxy groups -OCH3 is 1. The topological polar surface area (TPSA) is 37.9 Å². The summed E-state index contributed by atoms with van der Waals surface area (Å²) in [4.78, 5) is 7.74. The van der Waals surface area contributed by atoms with Gasteiger partial charge in [0.05, 0.1) is 7.11 Å². The predicted molar refractivity (Wildman–Crippen MR) is 93.5 cm³/mol. The molecular formula is C20H16N2O. The van der Waals surface area contributed by atoms with Gasteiger partial charge >= 0.3 is 0 Å². The Bertz CT molecular complexity index is 972. The lowest BCUT2D eigenvalue weighted by molar-refractivity contribution is 0.415. The van der Waals surface area contributed by atoms with Gasteiger partial charge in [-0.1, -0.05) is 30.3 Å². The third kappa shape index (κ3) is 2.46. The number of fused-ring (bicyclic) bond motifs is 1. The second kappa shape index (κ2) is 5.61. The number of hydrogen-bond acceptors (Lipinski definition) is 2. The number of aromatic amines is 1. The molecule has 0 radical (unpaired) electrons. The van der Waals surface area contributed by atoms with Crippen LogP contribution in [0.3, 0.4) is 0 Å². The number of nitrogens with one attached hydrogen (secondary N) is 1. The number of hydrogen-bond donors (Lipinski definition) is 1. The van der Waals surface area contributed by atoms with E-state index in [0.717, 1.165) is 33.5 Å². The molecule has 4 rings (SSSR count). The molecule has 3 nitrogen and oxygen atoms in total. The number of H-pyrrole nitrogens is 1. The number of nitrogens with zero attached hydrogens (tertiary/aromatic N) is 1. The first-order valence-corrected chi connectivity index (χ1v) is 7.51. The lowest BCUT2D eigenvalue weighted by Crippen LogP contribution is -1.86. The minimum Gasteiger partial charge on any atom is -0.497 e. The van der Waals surface area contributed by atoms with Crippen molar-refractivity contribution in [1.82, 2.24) is 9.97 Å². The summed E-state index contributed by atoms with van der Waals surface area (Å²) in [5.41, 5.74) is 5.57. The highest BCUT2D eigenvalue weighted by Gasteiger charge is 2.08. The van der Waals surface area contributed by atoms with Crippen molar-refractivity contribution in [1.29, 1.82) is 0 Å². The molecule has 0 aliphatic heterocycles. The number of benzene rings is 2. The van der Waals surface area contributed by atoms with E-state index in [9.17, 15) is 0 Å². The average molecular weight is 300 g/mol. The minimum atomic E-state index is 0.847. The molecule has 1 N–H and O–H groups in total. The highest BCUT2D eigenvalue weighted by atomic mass is 16.5. The van der Waals surface area contributed by atoms with Gasteiger partial charge in [0.25, 0.3) is 0 Å². The van der Waals surface area contributed by atoms with Gasteiger partial charge in [0.1, 0.15) is 5.75 Å². The van der Waals surface area contributed by atoms with Crippen LogP contribution in [-0.4, -0.2) is 17.1 Å². The molecule has 4 aromatic rings. The van der Waals surface area contributed by atoms with Gasteiger partial charge in [-0.3, -0.25) is 4.98 Å². The van der Waals surface area contributed by atoms with E-state index in [1.54, 1.807) is 7.11 Å². The Kier molecular flexibility index (Phi) is 3.31. The largest absolute Gasteiger partial charge is 0.497 e. The van der Waals surface area contributed by atoms with Crippen molar-refractivity contribution in [3.05, 3.63) is 73.2 Å². The van der Waals surface area contributed by atoms with E-state index in [2.05, 4.69) is 40.3 Å². The van der Waals surface area contributed by atoms with E-state index < -0.39 is 0 Å². The fraction of sp³-hybridized carbons (Fsp3) is 0.0500. The number of para-hydroxylation sites is 1. The second-order valence-corrected chi connectivity index (χ2v) is 5.44. The lowest BCUT2D eigenvalue weighted by Gasteiger charge is -2.06. The summed E-state index contributed by atoms with van der Waals surface area (Å²) >= 11 is 0. The van der Waals surface area contributed by atoms with Crippen molar-refractivity contribution in [3.8, 4) is 28.0 Å². The van der Waals surface area contributed by atoms with Gasteiger partial charge < -0.3 is 9.72 Å². The van der Waals surface area contributed by atoms with Crippen molar-refractivity contribution in [2.45, 2.75) is 0 Å². The standard InChI is InChI=1S/C20H16N2O/c1-23-17-6-4-5-14(10-17)15-9-16(12-21-11-15)19-13-22-20-8-3-2-7-18(19)20/h2-13,22H,1H3. The highest BCUT2D eigenvalue weighted by Crippen LogP contribution is 2.31. The molecule has 2 aromatic carbocycles. The Balaban J connectivity index is 1.82. The minimum absolute atomic E-state index is 0.847. The van der Waals surface area contributed by atoms with Crippen molar-refractivity contribution in [2.75, 3.05) is 7.11 Å². The number of rotatable bonds is 3. The normalized spacial score (nSPS) is 10.8. The van der Waals surface area contributed by atoms with E-state index in [1.807, 2.05) is 42.9 Å². The van der Waals surface area contributed by atoms with Crippen LogP contribution in [0.15, 0.2) is 73.2 Å². The van der Waals surface area contributed by atoms with Crippen molar-refractivity contribution in [2.24, 2.45) is 0 Å². The molecule has 0 unspecified atom stereocenters. The number of pyridine rings is 1. The Morgan fingerprint density at radius 2 is 1.74 bits per heavy atom. The van der Waals surface area contributed by atoms with E-state index in [4.69, 9.17) is 4.74 Å². The molecule has 0 aliphatic carbocycles. The van der Waals surface area contributed by atoms with Crippen LogP contribution in [0.5, 0.6) is 5.75 Å². The smallest absolute Gasteiger partial charge is 0.119 e. The summed E-state index contributed by atoms with van der Waals surface area (Å²) in [5.74, 6) is 0.847. The molecule has 0 amide bonds. The molecule has 0 fully saturated rings. The molecule has 0 bridgehead atoms. The maximum absolute atomic E-state index is 5.31. The van der Waals surface area contributed by atoms with E-state index in [-0.39, 0.29) is 0 Å². The monoisotopic (exact) mass is 300 g/mol.